The van der Waals surface area contributed by atoms with E-state index in [2.05, 4.69) is 31.8 Å². The fourth-order valence-electron chi connectivity index (χ4n) is 5.20. The maximum Gasteiger partial charge on any atom is 0.307 e. The number of benzene rings is 1. The zero-order chi connectivity index (χ0) is 27.9. The van der Waals surface area contributed by atoms with E-state index < -0.39 is 11.9 Å². The van der Waals surface area contributed by atoms with Crippen LogP contribution in [0.4, 0.5) is 5.95 Å². The molecule has 1 saturated heterocycles. The van der Waals surface area contributed by atoms with Crippen LogP contribution in [0.25, 0.3) is 17.0 Å². The lowest BCUT2D eigenvalue weighted by Gasteiger charge is -2.16. The number of carboxylic acids is 1. The van der Waals surface area contributed by atoms with Crippen molar-refractivity contribution in [3.8, 4) is 17.3 Å². The minimum absolute atomic E-state index is 0.0750. The van der Waals surface area contributed by atoms with Gasteiger partial charge in [-0.1, -0.05) is 24.6 Å². The van der Waals surface area contributed by atoms with Crippen molar-refractivity contribution in [3.05, 3.63) is 77.4 Å². The molecule has 2 aliphatic rings. The molecule has 3 atom stereocenters. The van der Waals surface area contributed by atoms with Crippen molar-refractivity contribution in [1.82, 2.24) is 20.3 Å². The van der Waals surface area contributed by atoms with Gasteiger partial charge in [0.1, 0.15) is 5.70 Å². The third kappa shape index (κ3) is 6.30. The molecule has 204 valence electrons. The molecular weight excluding hydrogens is 508 g/mol. The van der Waals surface area contributed by atoms with Crippen molar-refractivity contribution in [1.29, 1.82) is 10.8 Å². The highest BCUT2D eigenvalue weighted by Gasteiger charge is 2.34. The van der Waals surface area contributed by atoms with Crippen LogP contribution >= 0.6 is 0 Å². The van der Waals surface area contributed by atoms with Crippen molar-refractivity contribution in [2.24, 2.45) is 11.0 Å². The van der Waals surface area contributed by atoms with Gasteiger partial charge < -0.3 is 20.5 Å². The molecule has 2 aromatic heterocycles. The largest absolute Gasteiger partial charge is 0.481 e. The second-order valence-corrected chi connectivity index (χ2v) is 9.92. The lowest BCUT2D eigenvalue weighted by Crippen LogP contribution is -2.21. The highest BCUT2D eigenvalue weighted by molar-refractivity contribution is 5.72. The smallest absolute Gasteiger partial charge is 0.307 e. The molecule has 0 radical (unpaired) electrons. The number of hydrogen-bond acceptors (Lipinski definition) is 10. The van der Waals surface area contributed by atoms with Crippen molar-refractivity contribution < 1.29 is 14.6 Å². The van der Waals surface area contributed by atoms with Crippen LogP contribution < -0.4 is 10.6 Å². The van der Waals surface area contributed by atoms with Gasteiger partial charge in [-0.15, -0.1) is 0 Å². The molecule has 0 amide bonds. The Morgan fingerprint density at radius 3 is 2.83 bits per heavy atom. The Labute approximate surface area is 231 Å². The van der Waals surface area contributed by atoms with Gasteiger partial charge in [-0.05, 0) is 49.6 Å². The predicted molar refractivity (Wildman–Crippen MR) is 147 cm³/mol. The Bertz CT molecular complexity index is 1460. The van der Waals surface area contributed by atoms with Gasteiger partial charge in [0.15, 0.2) is 0 Å². The summed E-state index contributed by atoms with van der Waals surface area (Å²) in [5, 5.41) is 29.1. The van der Waals surface area contributed by atoms with Crippen LogP contribution in [0.15, 0.2) is 59.8 Å². The molecule has 3 heterocycles. The predicted octanol–water partition coefficient (Wildman–Crippen LogP) is 4.70. The number of rotatable bonds is 10. The van der Waals surface area contributed by atoms with Crippen LogP contribution in [-0.4, -0.2) is 45.3 Å². The van der Waals surface area contributed by atoms with Crippen molar-refractivity contribution in [2.45, 2.75) is 44.2 Å². The fourth-order valence-corrected chi connectivity index (χ4v) is 5.20. The van der Waals surface area contributed by atoms with Crippen molar-refractivity contribution >= 4 is 17.6 Å². The topological polar surface area (TPSA) is 169 Å². The van der Waals surface area contributed by atoms with Gasteiger partial charge in [0.2, 0.25) is 5.95 Å². The summed E-state index contributed by atoms with van der Waals surface area (Å²) in [5.74, 6) is -0.861. The van der Waals surface area contributed by atoms with E-state index in [-0.39, 0.29) is 12.0 Å². The van der Waals surface area contributed by atoms with E-state index in [0.717, 1.165) is 36.2 Å². The second-order valence-electron chi connectivity index (χ2n) is 9.92. The van der Waals surface area contributed by atoms with Crippen LogP contribution in [0.5, 0.6) is 0 Å². The molecule has 1 aliphatic heterocycles. The van der Waals surface area contributed by atoms with E-state index in [1.165, 1.54) is 0 Å². The third-order valence-corrected chi connectivity index (χ3v) is 7.22. The highest BCUT2D eigenvalue weighted by atomic mass is 16.5. The number of aromatic nitrogens is 3. The maximum absolute atomic E-state index is 11.6. The van der Waals surface area contributed by atoms with E-state index in [0.29, 0.717) is 54.8 Å². The van der Waals surface area contributed by atoms with Crippen LogP contribution in [-0.2, 0) is 16.1 Å². The van der Waals surface area contributed by atoms with Crippen molar-refractivity contribution in [2.75, 3.05) is 18.5 Å². The third-order valence-electron chi connectivity index (χ3n) is 7.22. The van der Waals surface area contributed by atoms with E-state index in [1.54, 1.807) is 30.5 Å². The normalized spacial score (nSPS) is 20.6. The number of ether oxygens (including phenoxy) is 1. The number of carboxylic acid groups (broad SMARTS) is 1. The number of nitrogens with zero attached hydrogens (tertiary/aromatic N) is 5. The van der Waals surface area contributed by atoms with Gasteiger partial charge in [-0.2, -0.15) is 10.4 Å². The first kappa shape index (κ1) is 26.9. The number of hydrogen-bond donors (Lipinski definition) is 4. The van der Waals surface area contributed by atoms with Gasteiger partial charge in [0.25, 0.3) is 0 Å². The zero-order valence-corrected chi connectivity index (χ0v) is 21.9. The van der Waals surface area contributed by atoms with E-state index in [9.17, 15) is 15.2 Å². The zero-order valence-electron chi connectivity index (χ0n) is 21.9. The summed E-state index contributed by atoms with van der Waals surface area (Å²) in [6.07, 6.45) is 4.82. The van der Waals surface area contributed by atoms with Gasteiger partial charge in [-0.3, -0.25) is 9.78 Å². The SMILES string of the molecule is N#Cc1cccc(-c2cc(/C(=C/NCc3cccc(C4CCCC4C(=O)O)n3)N=N)nc(NC3CCOC3)n2)c1. The average Bonchev–Trinajstić information content (AvgIpc) is 3.68. The summed E-state index contributed by atoms with van der Waals surface area (Å²) in [5.41, 5.74) is 12.0. The summed E-state index contributed by atoms with van der Waals surface area (Å²) >= 11 is 0. The van der Waals surface area contributed by atoms with Gasteiger partial charge in [0, 0.05) is 30.0 Å². The summed E-state index contributed by atoms with van der Waals surface area (Å²) in [6.45, 7) is 1.59. The number of carbonyl (C=O) groups is 1. The van der Waals surface area contributed by atoms with Gasteiger partial charge in [0.05, 0.1) is 53.8 Å². The molecule has 5 rings (SSSR count). The molecule has 40 heavy (non-hydrogen) atoms. The first-order chi connectivity index (χ1) is 19.5. The van der Waals surface area contributed by atoms with E-state index in [4.69, 9.17) is 15.3 Å². The Balaban J connectivity index is 1.38. The number of pyridine rings is 1. The number of aliphatic carboxylic acids is 1. The summed E-state index contributed by atoms with van der Waals surface area (Å²) < 4.78 is 5.47. The maximum atomic E-state index is 11.6. The van der Waals surface area contributed by atoms with E-state index >= 15 is 0 Å². The second kappa shape index (κ2) is 12.4. The Hall–Kier alpha value is -4.69. The molecule has 4 N–H and O–H groups in total. The molecule has 3 unspecified atom stereocenters. The first-order valence-electron chi connectivity index (χ1n) is 13.3. The van der Waals surface area contributed by atoms with Crippen LogP contribution in [0.1, 0.15) is 54.2 Å². The lowest BCUT2D eigenvalue weighted by molar-refractivity contribution is -0.142. The Kier molecular flexibility index (Phi) is 8.37. The molecule has 1 saturated carbocycles. The molecule has 0 spiro atoms. The minimum atomic E-state index is -0.768. The Morgan fingerprint density at radius 2 is 2.05 bits per heavy atom. The molecule has 1 aromatic carbocycles. The van der Waals surface area contributed by atoms with Crippen LogP contribution in [0.3, 0.4) is 0 Å². The number of anilines is 1. The fraction of sp³-hybridized carbons (Fsp3) is 0.345. The molecular formula is C29H30N8O3. The minimum Gasteiger partial charge on any atom is -0.481 e. The summed E-state index contributed by atoms with van der Waals surface area (Å²) in [6, 6.07) is 16.8. The molecule has 11 nitrogen and oxygen atoms in total. The molecule has 2 fully saturated rings. The van der Waals surface area contributed by atoms with Crippen molar-refractivity contribution in [3.63, 3.8) is 0 Å². The Morgan fingerprint density at radius 1 is 1.18 bits per heavy atom. The van der Waals surface area contributed by atoms with Gasteiger partial charge in [-0.25, -0.2) is 15.5 Å². The number of nitriles is 1. The lowest BCUT2D eigenvalue weighted by atomic mass is 9.92. The van der Waals surface area contributed by atoms with Gasteiger partial charge >= 0.3 is 5.97 Å². The molecule has 1 aliphatic carbocycles. The van der Waals surface area contributed by atoms with Crippen LogP contribution in [0.2, 0.25) is 0 Å². The average molecular weight is 539 g/mol. The monoisotopic (exact) mass is 538 g/mol. The summed E-state index contributed by atoms with van der Waals surface area (Å²) in [7, 11) is 0. The van der Waals surface area contributed by atoms with E-state index in [1.807, 2.05) is 24.3 Å². The highest BCUT2D eigenvalue weighted by Crippen LogP contribution is 2.39. The molecule has 0 bridgehead atoms. The molecule has 3 aromatic rings. The standard InChI is InChI=1S/C29H30N8O3/c30-14-18-4-1-5-19(12-18)25-13-26(36-29(35-25)34-21-10-11-40-17-21)27(37-31)16-32-15-20-6-2-9-24(33-20)22-7-3-8-23(22)28(38)39/h1-2,4-6,9,12-13,16,21-23,31-32H,3,7-8,10-11,15,17H2,(H,38,39)(H,34,35,36)/b27-16-,37-31?. The summed E-state index contributed by atoms with van der Waals surface area (Å²) in [4.78, 5) is 25.6. The first-order valence-corrected chi connectivity index (χ1v) is 13.3. The van der Waals surface area contributed by atoms with Crippen LogP contribution in [0, 0.1) is 22.8 Å². The number of nitrogens with one attached hydrogen (secondary N) is 3. The quantitative estimate of drug-likeness (QED) is 0.267. The molecule has 11 heteroatoms.